The van der Waals surface area contributed by atoms with Gasteiger partial charge >= 0.3 is 0 Å². The molecule has 2 heterocycles. The van der Waals surface area contributed by atoms with Crippen LogP contribution in [0.15, 0.2) is 18.2 Å². The fourth-order valence-corrected chi connectivity index (χ4v) is 4.81. The van der Waals surface area contributed by atoms with Gasteiger partial charge in [0.15, 0.2) is 11.5 Å². The highest BCUT2D eigenvalue weighted by Crippen LogP contribution is 2.28. The number of hydrogen-bond donors (Lipinski definition) is 0. The molecule has 1 aromatic carbocycles. The summed E-state index contributed by atoms with van der Waals surface area (Å²) in [4.78, 5) is 19.9. The number of hydrogen-bond acceptors (Lipinski definition) is 5. The van der Waals surface area contributed by atoms with Crippen molar-refractivity contribution in [1.82, 2.24) is 14.7 Å². The normalized spacial score (nSPS) is 24.9. The summed E-state index contributed by atoms with van der Waals surface area (Å²) in [7, 11) is 3.33. The Bertz CT molecular complexity index is 678. The van der Waals surface area contributed by atoms with Gasteiger partial charge < -0.3 is 14.4 Å². The van der Waals surface area contributed by atoms with E-state index in [2.05, 4.69) is 47.6 Å². The summed E-state index contributed by atoms with van der Waals surface area (Å²) in [5.74, 6) is 3.04. The van der Waals surface area contributed by atoms with Crippen LogP contribution in [0.3, 0.4) is 0 Å². The summed E-state index contributed by atoms with van der Waals surface area (Å²) in [6.07, 6.45) is 1.23. The van der Waals surface area contributed by atoms with E-state index in [0.717, 1.165) is 57.3 Å². The molecule has 2 aliphatic heterocycles. The zero-order valence-corrected chi connectivity index (χ0v) is 18.7. The molecule has 2 saturated heterocycles. The number of amides is 1. The van der Waals surface area contributed by atoms with Crippen molar-refractivity contribution in [2.75, 3.05) is 53.5 Å². The van der Waals surface area contributed by atoms with Gasteiger partial charge in [-0.3, -0.25) is 14.6 Å². The molecule has 0 aromatic heterocycles. The Balaban J connectivity index is 1.51. The van der Waals surface area contributed by atoms with Crippen LogP contribution >= 0.6 is 0 Å². The number of carbonyl (C=O) groups excluding carboxylic acids is 1. The number of carbonyl (C=O) groups is 1. The van der Waals surface area contributed by atoms with E-state index in [1.165, 1.54) is 12.0 Å². The molecule has 0 radical (unpaired) electrons. The molecule has 3 atom stereocenters. The van der Waals surface area contributed by atoms with Crippen LogP contribution in [0.2, 0.25) is 0 Å². The third-order valence-electron chi connectivity index (χ3n) is 6.35. The third kappa shape index (κ3) is 5.43. The molecule has 2 aliphatic rings. The first-order valence-electron chi connectivity index (χ1n) is 10.9. The standard InChI is InChI=1S/C23H37N3O3/c1-17-12-18(2)15-26(14-17)23(27)19(3)25-10-8-24(9-11-25)16-20-6-7-21(28-4)22(13-20)29-5/h6-7,13,17-19H,8-12,14-16H2,1-5H3/t17-,18-,19-/m1/s1. The minimum Gasteiger partial charge on any atom is -0.493 e. The van der Waals surface area contributed by atoms with Crippen molar-refractivity contribution in [2.24, 2.45) is 11.8 Å². The Morgan fingerprint density at radius 1 is 1.03 bits per heavy atom. The topological polar surface area (TPSA) is 45.2 Å². The summed E-state index contributed by atoms with van der Waals surface area (Å²) < 4.78 is 10.7. The lowest BCUT2D eigenvalue weighted by Crippen LogP contribution is -2.56. The van der Waals surface area contributed by atoms with E-state index in [9.17, 15) is 4.79 Å². The van der Waals surface area contributed by atoms with Gasteiger partial charge in [0, 0.05) is 45.8 Å². The number of piperazine rings is 1. The predicted molar refractivity (Wildman–Crippen MR) is 115 cm³/mol. The molecule has 1 aromatic rings. The lowest BCUT2D eigenvalue weighted by molar-refractivity contribution is -0.139. The van der Waals surface area contributed by atoms with E-state index in [4.69, 9.17) is 9.47 Å². The molecule has 1 amide bonds. The van der Waals surface area contributed by atoms with Gasteiger partial charge in [-0.05, 0) is 42.9 Å². The van der Waals surface area contributed by atoms with Crippen molar-refractivity contribution in [2.45, 2.75) is 39.8 Å². The molecule has 0 bridgehead atoms. The molecule has 162 valence electrons. The van der Waals surface area contributed by atoms with E-state index >= 15 is 0 Å². The highest BCUT2D eigenvalue weighted by atomic mass is 16.5. The van der Waals surface area contributed by atoms with E-state index in [1.54, 1.807) is 14.2 Å². The monoisotopic (exact) mass is 403 g/mol. The van der Waals surface area contributed by atoms with Gasteiger partial charge in [0.2, 0.25) is 5.91 Å². The maximum atomic E-state index is 13.0. The van der Waals surface area contributed by atoms with Gasteiger partial charge in [0.05, 0.1) is 20.3 Å². The zero-order valence-electron chi connectivity index (χ0n) is 18.7. The molecule has 3 rings (SSSR count). The van der Waals surface area contributed by atoms with Crippen LogP contribution in [0.5, 0.6) is 11.5 Å². The van der Waals surface area contributed by atoms with Crippen molar-refractivity contribution in [3.8, 4) is 11.5 Å². The van der Waals surface area contributed by atoms with Gasteiger partial charge in [0.1, 0.15) is 0 Å². The minimum atomic E-state index is -0.0317. The van der Waals surface area contributed by atoms with Gasteiger partial charge in [-0.15, -0.1) is 0 Å². The maximum absolute atomic E-state index is 13.0. The first-order chi connectivity index (χ1) is 13.9. The number of nitrogens with zero attached hydrogens (tertiary/aromatic N) is 3. The lowest BCUT2D eigenvalue weighted by atomic mass is 9.91. The van der Waals surface area contributed by atoms with Crippen LogP contribution in [0.25, 0.3) is 0 Å². The molecule has 6 heteroatoms. The second-order valence-electron chi connectivity index (χ2n) is 8.87. The van der Waals surface area contributed by atoms with Gasteiger partial charge in [-0.1, -0.05) is 19.9 Å². The minimum absolute atomic E-state index is 0.0317. The van der Waals surface area contributed by atoms with Gasteiger partial charge in [-0.25, -0.2) is 0 Å². The van der Waals surface area contributed by atoms with Crippen LogP contribution < -0.4 is 9.47 Å². The fraction of sp³-hybridized carbons (Fsp3) is 0.696. The van der Waals surface area contributed by atoms with Crippen LogP contribution in [-0.2, 0) is 11.3 Å². The molecule has 0 N–H and O–H groups in total. The highest BCUT2D eigenvalue weighted by molar-refractivity contribution is 5.81. The van der Waals surface area contributed by atoms with Crippen molar-refractivity contribution in [3.63, 3.8) is 0 Å². The summed E-state index contributed by atoms with van der Waals surface area (Å²) in [5, 5.41) is 0. The summed E-state index contributed by atoms with van der Waals surface area (Å²) in [5.41, 5.74) is 1.22. The molecule has 0 saturated carbocycles. The number of rotatable bonds is 6. The third-order valence-corrected chi connectivity index (χ3v) is 6.35. The van der Waals surface area contributed by atoms with Gasteiger partial charge in [-0.2, -0.15) is 0 Å². The molecule has 0 spiro atoms. The number of benzene rings is 1. The van der Waals surface area contributed by atoms with Crippen molar-refractivity contribution in [3.05, 3.63) is 23.8 Å². The molecule has 29 heavy (non-hydrogen) atoms. The van der Waals surface area contributed by atoms with Crippen molar-refractivity contribution in [1.29, 1.82) is 0 Å². The van der Waals surface area contributed by atoms with E-state index in [-0.39, 0.29) is 6.04 Å². The number of methoxy groups -OCH3 is 2. The molecular weight excluding hydrogens is 366 g/mol. The Kier molecular flexibility index (Phi) is 7.41. The molecule has 2 fully saturated rings. The maximum Gasteiger partial charge on any atom is 0.239 e. The number of likely N-dealkylation sites (tertiary alicyclic amines) is 1. The SMILES string of the molecule is COc1ccc(CN2CCN([C@H](C)C(=O)N3C[C@H](C)C[C@@H](C)C3)CC2)cc1OC. The largest absolute Gasteiger partial charge is 0.493 e. The Morgan fingerprint density at radius 3 is 2.24 bits per heavy atom. The van der Waals surface area contributed by atoms with Crippen LogP contribution in [0.4, 0.5) is 0 Å². The van der Waals surface area contributed by atoms with Crippen LogP contribution in [-0.4, -0.2) is 80.1 Å². The predicted octanol–water partition coefficient (Wildman–Crippen LogP) is 2.71. The number of piperidine rings is 1. The van der Waals surface area contributed by atoms with Crippen LogP contribution in [0.1, 0.15) is 32.8 Å². The molecule has 6 nitrogen and oxygen atoms in total. The zero-order chi connectivity index (χ0) is 21.0. The summed E-state index contributed by atoms with van der Waals surface area (Å²) in [6, 6.07) is 6.08. The molecule has 0 aliphatic carbocycles. The van der Waals surface area contributed by atoms with Crippen LogP contribution in [0, 0.1) is 11.8 Å². The van der Waals surface area contributed by atoms with Crippen molar-refractivity contribution < 1.29 is 14.3 Å². The smallest absolute Gasteiger partial charge is 0.239 e. The average Bonchev–Trinajstić information content (AvgIpc) is 2.72. The second kappa shape index (κ2) is 9.81. The second-order valence-corrected chi connectivity index (χ2v) is 8.87. The van der Waals surface area contributed by atoms with E-state index in [0.29, 0.717) is 17.7 Å². The Morgan fingerprint density at radius 2 is 1.66 bits per heavy atom. The Labute approximate surface area is 175 Å². The average molecular weight is 404 g/mol. The summed E-state index contributed by atoms with van der Waals surface area (Å²) in [6.45, 7) is 13.1. The Hall–Kier alpha value is -1.79. The van der Waals surface area contributed by atoms with E-state index < -0.39 is 0 Å². The molecular formula is C23H37N3O3. The van der Waals surface area contributed by atoms with E-state index in [1.807, 2.05) is 6.07 Å². The summed E-state index contributed by atoms with van der Waals surface area (Å²) >= 11 is 0. The van der Waals surface area contributed by atoms with Crippen molar-refractivity contribution >= 4 is 5.91 Å². The number of ether oxygens (including phenoxy) is 2. The highest BCUT2D eigenvalue weighted by Gasteiger charge is 2.32. The quantitative estimate of drug-likeness (QED) is 0.731. The first kappa shape index (κ1) is 21.9. The van der Waals surface area contributed by atoms with Gasteiger partial charge in [0.25, 0.3) is 0 Å². The fourth-order valence-electron chi connectivity index (χ4n) is 4.81. The lowest BCUT2D eigenvalue weighted by Gasteiger charge is -2.41. The molecule has 0 unspecified atom stereocenters. The first-order valence-corrected chi connectivity index (χ1v) is 10.9.